The average molecular weight is 206 g/mol. The predicted molar refractivity (Wildman–Crippen MR) is 67.1 cm³/mol. The van der Waals surface area contributed by atoms with E-state index in [1.165, 1.54) is 0 Å². The molecule has 0 aliphatic carbocycles. The molecule has 0 saturated carbocycles. The molecule has 0 amide bonds. The highest BCUT2D eigenvalue weighted by atomic mass is 14.7. The molecule has 0 aliphatic rings. The fraction of sp³-hybridized carbons (Fsp3) is 0. The van der Waals surface area contributed by atoms with Gasteiger partial charge in [-0.25, -0.2) is 0 Å². The number of fused-ring (bicyclic) bond motifs is 3. The molecule has 2 aromatic heterocycles. The third kappa shape index (κ3) is 1.20. The molecule has 2 heteroatoms. The summed E-state index contributed by atoms with van der Waals surface area (Å²) in [7, 11) is 0. The van der Waals surface area contributed by atoms with E-state index in [1.807, 2.05) is 24.3 Å². The van der Waals surface area contributed by atoms with E-state index in [9.17, 15) is 0 Å². The normalized spacial score (nSPS) is 10.8. The molecule has 0 aliphatic heterocycles. The molecule has 1 aromatic carbocycles. The fourth-order valence-electron chi connectivity index (χ4n) is 1.95. The zero-order chi connectivity index (χ0) is 11.0. The number of hydrogen-bond acceptors (Lipinski definition) is 2. The van der Waals surface area contributed by atoms with Gasteiger partial charge in [0.1, 0.15) is 0 Å². The highest BCUT2D eigenvalue weighted by molar-refractivity contribution is 6.05. The molecule has 0 saturated heterocycles. The summed E-state index contributed by atoms with van der Waals surface area (Å²) in [5, 5.41) is 2.22. The van der Waals surface area contributed by atoms with Gasteiger partial charge in [0.2, 0.25) is 0 Å². The van der Waals surface area contributed by atoms with Gasteiger partial charge in [-0.1, -0.05) is 30.9 Å². The van der Waals surface area contributed by atoms with E-state index in [0.29, 0.717) is 0 Å². The van der Waals surface area contributed by atoms with Crippen LogP contribution in [0.15, 0.2) is 49.3 Å². The number of nitrogens with zero attached hydrogens (tertiary/aromatic N) is 2. The van der Waals surface area contributed by atoms with Crippen LogP contribution in [0.2, 0.25) is 0 Å². The number of pyridine rings is 2. The largest absolute Gasteiger partial charge is 0.254 e. The van der Waals surface area contributed by atoms with Crippen molar-refractivity contribution in [3.63, 3.8) is 0 Å². The zero-order valence-electron chi connectivity index (χ0n) is 8.72. The topological polar surface area (TPSA) is 25.8 Å². The van der Waals surface area contributed by atoms with Crippen LogP contribution in [0.4, 0.5) is 0 Å². The van der Waals surface area contributed by atoms with E-state index in [1.54, 1.807) is 12.4 Å². The van der Waals surface area contributed by atoms with Crippen LogP contribution in [0.5, 0.6) is 0 Å². The zero-order valence-corrected chi connectivity index (χ0v) is 8.72. The highest BCUT2D eigenvalue weighted by Crippen LogP contribution is 2.24. The van der Waals surface area contributed by atoms with Gasteiger partial charge in [-0.2, -0.15) is 0 Å². The summed E-state index contributed by atoms with van der Waals surface area (Å²) >= 11 is 0. The number of hydrogen-bond donors (Lipinski definition) is 0. The van der Waals surface area contributed by atoms with Crippen molar-refractivity contribution in [3.05, 3.63) is 54.9 Å². The van der Waals surface area contributed by atoms with E-state index >= 15 is 0 Å². The van der Waals surface area contributed by atoms with E-state index in [4.69, 9.17) is 0 Å². The van der Waals surface area contributed by atoms with Crippen LogP contribution >= 0.6 is 0 Å². The number of benzene rings is 1. The smallest absolute Gasteiger partial charge is 0.0970 e. The maximum Gasteiger partial charge on any atom is 0.0970 e. The molecule has 76 valence electrons. The molecule has 3 aromatic rings. The minimum Gasteiger partial charge on any atom is -0.254 e. The second-order valence-electron chi connectivity index (χ2n) is 3.64. The quantitative estimate of drug-likeness (QED) is 0.570. The summed E-state index contributed by atoms with van der Waals surface area (Å²) in [5.74, 6) is 0. The Balaban J connectivity index is 2.57. The lowest BCUT2D eigenvalue weighted by molar-refractivity contribution is 1.37. The van der Waals surface area contributed by atoms with Crippen molar-refractivity contribution in [2.75, 3.05) is 0 Å². The predicted octanol–water partition coefficient (Wildman–Crippen LogP) is 3.43. The Kier molecular flexibility index (Phi) is 1.93. The van der Waals surface area contributed by atoms with Crippen LogP contribution in [0.1, 0.15) is 5.56 Å². The van der Waals surface area contributed by atoms with Gasteiger partial charge < -0.3 is 0 Å². The minimum absolute atomic E-state index is 0.940. The van der Waals surface area contributed by atoms with Crippen LogP contribution in [0.25, 0.3) is 27.9 Å². The van der Waals surface area contributed by atoms with Crippen LogP contribution < -0.4 is 0 Å². The summed E-state index contributed by atoms with van der Waals surface area (Å²) in [6.45, 7) is 3.81. The van der Waals surface area contributed by atoms with E-state index in [-0.39, 0.29) is 0 Å². The van der Waals surface area contributed by atoms with Crippen molar-refractivity contribution < 1.29 is 0 Å². The summed E-state index contributed by atoms with van der Waals surface area (Å²) < 4.78 is 0. The van der Waals surface area contributed by atoms with Crippen molar-refractivity contribution in [3.8, 4) is 0 Å². The Labute approximate surface area is 93.3 Å². The van der Waals surface area contributed by atoms with Gasteiger partial charge >= 0.3 is 0 Å². The Morgan fingerprint density at radius 2 is 1.81 bits per heavy atom. The number of aromatic nitrogens is 2. The van der Waals surface area contributed by atoms with Gasteiger partial charge in [0.05, 0.1) is 11.0 Å². The van der Waals surface area contributed by atoms with Crippen molar-refractivity contribution in [1.29, 1.82) is 0 Å². The van der Waals surface area contributed by atoms with Gasteiger partial charge in [-0.3, -0.25) is 9.97 Å². The Bertz CT molecular complexity index is 686. The van der Waals surface area contributed by atoms with Gasteiger partial charge in [-0.15, -0.1) is 0 Å². The monoisotopic (exact) mass is 206 g/mol. The molecule has 2 nitrogen and oxygen atoms in total. The first-order valence-electron chi connectivity index (χ1n) is 5.15. The molecule has 0 atom stereocenters. The van der Waals surface area contributed by atoms with E-state index in [0.717, 1.165) is 27.4 Å². The first-order valence-corrected chi connectivity index (χ1v) is 5.15. The second kappa shape index (κ2) is 3.42. The minimum atomic E-state index is 0.940. The Morgan fingerprint density at radius 1 is 0.938 bits per heavy atom. The highest BCUT2D eigenvalue weighted by Gasteiger charge is 2.04. The summed E-state index contributed by atoms with van der Waals surface area (Å²) in [4.78, 5) is 8.80. The van der Waals surface area contributed by atoms with Crippen LogP contribution in [-0.4, -0.2) is 9.97 Å². The van der Waals surface area contributed by atoms with Crippen LogP contribution in [-0.2, 0) is 0 Å². The molecule has 3 rings (SSSR count). The fourth-order valence-corrected chi connectivity index (χ4v) is 1.95. The van der Waals surface area contributed by atoms with Crippen molar-refractivity contribution in [2.45, 2.75) is 0 Å². The third-order valence-corrected chi connectivity index (χ3v) is 2.74. The Morgan fingerprint density at radius 3 is 2.69 bits per heavy atom. The Hall–Kier alpha value is -2.22. The lowest BCUT2D eigenvalue weighted by Crippen LogP contribution is -1.86. The second-order valence-corrected chi connectivity index (χ2v) is 3.64. The molecule has 16 heavy (non-hydrogen) atoms. The molecule has 0 unspecified atom stereocenters. The molecule has 2 heterocycles. The van der Waals surface area contributed by atoms with E-state index in [2.05, 4.69) is 28.7 Å². The first kappa shape index (κ1) is 9.04. The lowest BCUT2D eigenvalue weighted by atomic mass is 10.1. The van der Waals surface area contributed by atoms with Crippen molar-refractivity contribution in [2.24, 2.45) is 0 Å². The molecule has 0 radical (unpaired) electrons. The SMILES string of the molecule is C=Cc1ccnc2c1ccc1cccnc12. The standard InChI is InChI=1S/C14H10N2/c1-2-10-7-9-16-14-12(10)6-5-11-4-3-8-15-13(11)14/h2-9H,1H2. The average Bonchev–Trinajstić information content (AvgIpc) is 2.37. The summed E-state index contributed by atoms with van der Waals surface area (Å²) in [6.07, 6.45) is 5.44. The summed E-state index contributed by atoms with van der Waals surface area (Å²) in [5.41, 5.74) is 2.98. The first-order chi connectivity index (χ1) is 7.90. The van der Waals surface area contributed by atoms with E-state index < -0.39 is 0 Å². The molecular formula is C14H10N2. The van der Waals surface area contributed by atoms with Crippen LogP contribution in [0.3, 0.4) is 0 Å². The third-order valence-electron chi connectivity index (χ3n) is 2.74. The maximum atomic E-state index is 4.41. The maximum absolute atomic E-state index is 4.41. The van der Waals surface area contributed by atoms with Gasteiger partial charge in [0.15, 0.2) is 0 Å². The summed E-state index contributed by atoms with van der Waals surface area (Å²) in [6, 6.07) is 10.1. The van der Waals surface area contributed by atoms with Crippen LogP contribution in [0, 0.1) is 0 Å². The molecule has 0 bridgehead atoms. The number of rotatable bonds is 1. The molecular weight excluding hydrogens is 196 g/mol. The van der Waals surface area contributed by atoms with Gasteiger partial charge in [0, 0.05) is 23.2 Å². The van der Waals surface area contributed by atoms with Crippen molar-refractivity contribution in [1.82, 2.24) is 9.97 Å². The molecule has 0 fully saturated rings. The van der Waals surface area contributed by atoms with Gasteiger partial charge in [-0.05, 0) is 17.7 Å². The van der Waals surface area contributed by atoms with Gasteiger partial charge in [0.25, 0.3) is 0 Å². The van der Waals surface area contributed by atoms with Crippen molar-refractivity contribution >= 4 is 27.9 Å². The molecule has 0 N–H and O–H groups in total. The lowest BCUT2D eigenvalue weighted by Gasteiger charge is -2.04. The molecule has 0 spiro atoms.